The van der Waals surface area contributed by atoms with Crippen molar-refractivity contribution < 1.29 is 4.39 Å². The molecule has 0 aliphatic carbocycles. The Morgan fingerprint density at radius 1 is 1.12 bits per heavy atom. The van der Waals surface area contributed by atoms with Crippen LogP contribution in [-0.2, 0) is 0 Å². The highest BCUT2D eigenvalue weighted by atomic mass is 19.1. The minimum Gasteiger partial charge on any atom is -0.372 e. The number of hydrogen-bond acceptors (Lipinski definition) is 3. The van der Waals surface area contributed by atoms with E-state index in [-0.39, 0.29) is 5.82 Å². The van der Waals surface area contributed by atoms with E-state index in [4.69, 9.17) is 0 Å². The average Bonchev–Trinajstić information content (AvgIpc) is 3.33. The third-order valence-corrected chi connectivity index (χ3v) is 5.83. The van der Waals surface area contributed by atoms with Gasteiger partial charge in [-0.3, -0.25) is 0 Å². The zero-order chi connectivity index (χ0) is 22.8. The van der Waals surface area contributed by atoms with Gasteiger partial charge in [-0.2, -0.15) is 5.26 Å². The molecule has 0 saturated carbocycles. The summed E-state index contributed by atoms with van der Waals surface area (Å²) in [4.78, 5) is 9.82. The number of nitrogens with one attached hydrogen (secondary N) is 1. The van der Waals surface area contributed by atoms with E-state index < -0.39 is 0 Å². The summed E-state index contributed by atoms with van der Waals surface area (Å²) in [6, 6.07) is 17.2. The Morgan fingerprint density at radius 3 is 2.50 bits per heavy atom. The number of aromatic nitrogens is 3. The van der Waals surface area contributed by atoms with Crippen molar-refractivity contribution in [3.05, 3.63) is 77.1 Å². The van der Waals surface area contributed by atoms with Gasteiger partial charge in [0, 0.05) is 35.9 Å². The summed E-state index contributed by atoms with van der Waals surface area (Å²) in [6.45, 7) is 10.3. The van der Waals surface area contributed by atoms with E-state index in [0.717, 1.165) is 35.7 Å². The number of aromatic amines is 1. The number of nitriles is 1. The minimum atomic E-state index is -0.342. The van der Waals surface area contributed by atoms with Crippen molar-refractivity contribution in [1.29, 1.82) is 5.26 Å². The molecule has 2 heterocycles. The van der Waals surface area contributed by atoms with Crippen LogP contribution in [0.3, 0.4) is 0 Å². The Bertz CT molecular complexity index is 1330. The van der Waals surface area contributed by atoms with Crippen molar-refractivity contribution in [2.75, 3.05) is 18.0 Å². The van der Waals surface area contributed by atoms with E-state index >= 15 is 0 Å². The van der Waals surface area contributed by atoms with Crippen molar-refractivity contribution in [2.45, 2.75) is 27.7 Å². The van der Waals surface area contributed by atoms with E-state index in [9.17, 15) is 9.65 Å². The Hall–Kier alpha value is -3.85. The van der Waals surface area contributed by atoms with Gasteiger partial charge in [-0.1, -0.05) is 0 Å². The highest BCUT2D eigenvalue weighted by Crippen LogP contribution is 2.27. The second kappa shape index (κ2) is 8.72. The molecule has 6 heteroatoms. The molecule has 162 valence electrons. The minimum absolute atomic E-state index is 0.342. The summed E-state index contributed by atoms with van der Waals surface area (Å²) < 4.78 is 15.7. The molecule has 0 fully saturated rings. The van der Waals surface area contributed by atoms with Crippen LogP contribution < -0.4 is 4.90 Å². The zero-order valence-corrected chi connectivity index (χ0v) is 18.8. The maximum atomic E-state index is 13.5. The predicted molar refractivity (Wildman–Crippen MR) is 128 cm³/mol. The summed E-state index contributed by atoms with van der Waals surface area (Å²) in [5.74, 6) is 0.0900. The van der Waals surface area contributed by atoms with Gasteiger partial charge in [-0.05, 0) is 87.9 Å². The number of nitrogens with zero attached hydrogens (tertiary/aromatic N) is 4. The predicted octanol–water partition coefficient (Wildman–Crippen LogP) is 6.02. The van der Waals surface area contributed by atoms with Gasteiger partial charge in [0.1, 0.15) is 17.7 Å². The fourth-order valence-electron chi connectivity index (χ4n) is 4.15. The molecule has 0 saturated heterocycles. The van der Waals surface area contributed by atoms with Gasteiger partial charge in [0.2, 0.25) is 0 Å². The fraction of sp³-hybridized carbons (Fsp3) is 0.231. The van der Waals surface area contributed by atoms with Crippen LogP contribution in [0, 0.1) is 31.0 Å². The molecule has 5 nitrogen and oxygen atoms in total. The van der Waals surface area contributed by atoms with E-state index in [1.54, 1.807) is 6.07 Å². The average molecular weight is 428 g/mol. The van der Waals surface area contributed by atoms with Gasteiger partial charge in [-0.15, -0.1) is 0 Å². The largest absolute Gasteiger partial charge is 0.372 e. The zero-order valence-electron chi connectivity index (χ0n) is 18.8. The lowest BCUT2D eigenvalue weighted by atomic mass is 10.1. The molecule has 0 aliphatic rings. The van der Waals surface area contributed by atoms with Crippen molar-refractivity contribution in [3.63, 3.8) is 0 Å². The Labute approximate surface area is 187 Å². The lowest BCUT2D eigenvalue weighted by Crippen LogP contribution is -2.21. The Kier molecular flexibility index (Phi) is 5.83. The standard InChI is InChI=1S/C26H26FN5/c1-5-31(6-2)22-8-10-23(11-9-22)32-17(3)13-19(18(32)4)14-20(16-28)26-29-24-12-7-21(27)15-25(24)30-26/h7-15H,5-6H2,1-4H3,(H,29,30)/b20-14-. The van der Waals surface area contributed by atoms with E-state index in [2.05, 4.69) is 76.6 Å². The monoisotopic (exact) mass is 427 g/mol. The molecule has 32 heavy (non-hydrogen) atoms. The van der Waals surface area contributed by atoms with E-state index in [0.29, 0.717) is 22.4 Å². The van der Waals surface area contributed by atoms with Crippen molar-refractivity contribution >= 4 is 28.4 Å². The highest BCUT2D eigenvalue weighted by Gasteiger charge is 2.14. The second-order valence-corrected chi connectivity index (χ2v) is 7.77. The first-order valence-corrected chi connectivity index (χ1v) is 10.8. The topological polar surface area (TPSA) is 60.6 Å². The Balaban J connectivity index is 1.71. The van der Waals surface area contributed by atoms with Crippen LogP contribution in [0.25, 0.3) is 28.4 Å². The normalized spacial score (nSPS) is 11.7. The molecule has 2 aromatic heterocycles. The van der Waals surface area contributed by atoms with Crippen LogP contribution in [0.5, 0.6) is 0 Å². The molecule has 4 rings (SSSR count). The third-order valence-electron chi connectivity index (χ3n) is 5.83. The third kappa shape index (κ3) is 3.90. The number of rotatable bonds is 6. The lowest BCUT2D eigenvalue weighted by molar-refractivity contribution is 0.629. The number of imidazole rings is 1. The number of halogens is 1. The number of allylic oxidation sites excluding steroid dienone is 1. The number of H-pyrrole nitrogens is 1. The number of hydrogen-bond donors (Lipinski definition) is 1. The van der Waals surface area contributed by atoms with Crippen molar-refractivity contribution in [1.82, 2.24) is 14.5 Å². The van der Waals surface area contributed by atoms with Gasteiger partial charge in [0.05, 0.1) is 16.6 Å². The fourth-order valence-corrected chi connectivity index (χ4v) is 4.15. The van der Waals surface area contributed by atoms with Gasteiger partial charge >= 0.3 is 0 Å². The molecular formula is C26H26FN5. The van der Waals surface area contributed by atoms with E-state index in [1.165, 1.54) is 17.8 Å². The molecule has 0 radical (unpaired) electrons. The van der Waals surface area contributed by atoms with Crippen molar-refractivity contribution in [3.8, 4) is 11.8 Å². The first-order chi connectivity index (χ1) is 15.4. The maximum Gasteiger partial charge on any atom is 0.149 e. The first kappa shape index (κ1) is 21.4. The molecular weight excluding hydrogens is 401 g/mol. The van der Waals surface area contributed by atoms with Crippen LogP contribution in [0.1, 0.15) is 36.6 Å². The molecule has 4 aromatic rings. The number of aryl methyl sites for hydroxylation is 1. The molecule has 0 atom stereocenters. The van der Waals surface area contributed by atoms with Gasteiger partial charge < -0.3 is 14.5 Å². The maximum absolute atomic E-state index is 13.5. The summed E-state index contributed by atoms with van der Waals surface area (Å²) in [5, 5.41) is 9.77. The first-order valence-electron chi connectivity index (χ1n) is 10.8. The summed E-state index contributed by atoms with van der Waals surface area (Å²) in [7, 11) is 0. The molecule has 0 amide bonds. The van der Waals surface area contributed by atoms with E-state index in [1.807, 2.05) is 13.0 Å². The van der Waals surface area contributed by atoms with Crippen molar-refractivity contribution in [2.24, 2.45) is 0 Å². The van der Waals surface area contributed by atoms with Crippen LogP contribution in [0.4, 0.5) is 10.1 Å². The summed E-state index contributed by atoms with van der Waals surface area (Å²) in [5.41, 5.74) is 6.93. The van der Waals surface area contributed by atoms with Gasteiger partial charge in [-0.25, -0.2) is 9.37 Å². The Morgan fingerprint density at radius 2 is 1.84 bits per heavy atom. The molecule has 0 aliphatic heterocycles. The highest BCUT2D eigenvalue weighted by molar-refractivity contribution is 5.90. The number of fused-ring (bicyclic) bond motifs is 1. The molecule has 2 aromatic carbocycles. The summed E-state index contributed by atoms with van der Waals surface area (Å²) >= 11 is 0. The number of benzene rings is 2. The SMILES string of the molecule is CCN(CC)c1ccc(-n2c(C)cc(/C=C(/C#N)c3nc4ccc(F)cc4[nH]3)c2C)cc1. The quantitative estimate of drug-likeness (QED) is 0.383. The number of anilines is 1. The van der Waals surface area contributed by atoms with Crippen LogP contribution in [0.2, 0.25) is 0 Å². The molecule has 0 spiro atoms. The van der Waals surface area contributed by atoms with Crippen LogP contribution in [-0.4, -0.2) is 27.6 Å². The second-order valence-electron chi connectivity index (χ2n) is 7.77. The molecule has 1 N–H and O–H groups in total. The van der Waals surface area contributed by atoms with Crippen LogP contribution in [0.15, 0.2) is 48.5 Å². The smallest absolute Gasteiger partial charge is 0.149 e. The van der Waals surface area contributed by atoms with Crippen LogP contribution >= 0.6 is 0 Å². The summed E-state index contributed by atoms with van der Waals surface area (Å²) in [6.07, 6.45) is 1.83. The molecule has 0 bridgehead atoms. The lowest BCUT2D eigenvalue weighted by Gasteiger charge is -2.21. The molecule has 0 unspecified atom stereocenters. The van der Waals surface area contributed by atoms with Gasteiger partial charge in [0.15, 0.2) is 0 Å². The van der Waals surface area contributed by atoms with Gasteiger partial charge in [0.25, 0.3) is 0 Å².